The van der Waals surface area contributed by atoms with Crippen LogP contribution in [0, 0.1) is 17.8 Å². The van der Waals surface area contributed by atoms with Crippen LogP contribution in [0.4, 0.5) is 10.5 Å². The normalized spacial score (nSPS) is 35.5. The minimum Gasteiger partial charge on any atom is -0.477 e. The van der Waals surface area contributed by atoms with Crippen LogP contribution in [0.15, 0.2) is 23.1 Å². The molecular weight excluding hydrogens is 1160 g/mol. The number of aromatic carboxylic acids is 1. The van der Waals surface area contributed by atoms with Crippen molar-refractivity contribution in [3.05, 3.63) is 39.1 Å². The van der Waals surface area contributed by atoms with Crippen LogP contribution in [-0.2, 0) is 66.5 Å². The highest BCUT2D eigenvalue weighted by molar-refractivity contribution is 6.34. The number of hydrogen-bond donors (Lipinski definition) is 5. The number of likely N-dealkylation sites (N-methyl/N-ethyl adjacent to an activating group) is 2. The number of carbonyl (C=O) groups is 5. The molecule has 0 spiro atoms. The second-order valence-electron chi connectivity index (χ2n) is 25.4. The average molecular weight is 1250 g/mol. The summed E-state index contributed by atoms with van der Waals surface area (Å²) < 4.78 is 69.7. The van der Waals surface area contributed by atoms with E-state index in [1.165, 1.54) is 13.3 Å². The van der Waals surface area contributed by atoms with E-state index < -0.39 is 132 Å². The SMILES string of the molecule is CC[C@H]1OC(=O)[C@H](C)[C@@H](O[C@H]2C[C@@](C)(OC)[C@@H](OC(=O)CNC(=O)CCOCCOCCNc3cc4c(=O)c(C(=O)O)cn(C5CC5)c4cc3Cl)[C@H](C)O2)[C@H](C)[C@H](O[C@@H]2O[C@H](C)C[C@H](N(C)C)[C@H]2O)[C@](C)(O)C[C@@H](C)CN(C)[C@H](C)[C@H]2OC(=O)O[C@@]21C. The van der Waals surface area contributed by atoms with Crippen molar-refractivity contribution in [1.29, 1.82) is 0 Å². The molecule has 18 atom stereocenters. The number of pyridine rings is 1. The molecule has 1 amide bonds. The standard InChI is InChI=1S/C61H94ClN5O20/c1-15-45-61(10)53(86-58(75)87-61)36(6)66(13)30-32(2)27-59(8,76)52(85-57-50(71)44(65(11)12)24-33(3)80-57)34(4)51(35(5)56(74)82-45)84-48-28-60(9,77-14)54(37(7)81-48)83-47(69)29-64-46(68)18-20-78-22-23-79-21-19-63-42-25-39-43(26-41(42)62)67(38-16-17-38)31-40(49(39)70)55(72)73/h25-26,31-38,44-45,48,50-54,57,63,71,76H,15-24,27-30H2,1-14H3,(H,64,68)(H,72,73)/t32-,33-,34+,35-,36-,37+,44+,45-,48+,50-,51+,52+,53-,54+,57+,59-,60-,61-/m1/s1. The Bertz CT molecular complexity index is 2790. The highest BCUT2D eigenvalue weighted by Crippen LogP contribution is 2.43. The third-order valence-corrected chi connectivity index (χ3v) is 18.3. The van der Waals surface area contributed by atoms with Crippen LogP contribution in [0.3, 0.4) is 0 Å². The summed E-state index contributed by atoms with van der Waals surface area (Å²) in [4.78, 5) is 82.8. The number of nitrogens with one attached hydrogen (secondary N) is 2. The van der Waals surface area contributed by atoms with Gasteiger partial charge in [-0.05, 0) is 120 Å². The maximum atomic E-state index is 14.8. The number of nitrogens with zero attached hydrogens (tertiary/aromatic N) is 3. The number of methoxy groups -OCH3 is 1. The van der Waals surface area contributed by atoms with Crippen molar-refractivity contribution < 1.29 is 91.4 Å². The molecule has 87 heavy (non-hydrogen) atoms. The third kappa shape index (κ3) is 16.6. The Morgan fingerprint density at radius 1 is 0.920 bits per heavy atom. The second kappa shape index (κ2) is 29.5. The van der Waals surface area contributed by atoms with Crippen LogP contribution in [-0.4, -0.2) is 224 Å². The molecule has 2 aromatic rings. The van der Waals surface area contributed by atoms with Gasteiger partial charge in [-0.3, -0.25) is 24.1 Å². The van der Waals surface area contributed by atoms with Gasteiger partial charge in [-0.2, -0.15) is 0 Å². The van der Waals surface area contributed by atoms with Crippen molar-refractivity contribution in [2.75, 3.05) is 79.6 Å². The molecule has 5 N–H and O–H groups in total. The first-order valence-electron chi connectivity index (χ1n) is 30.4. The van der Waals surface area contributed by atoms with Gasteiger partial charge < -0.3 is 87.5 Å². The number of ether oxygens (including phenoxy) is 11. The molecule has 5 heterocycles. The Morgan fingerprint density at radius 3 is 2.25 bits per heavy atom. The Kier molecular flexibility index (Phi) is 23.6. The smallest absolute Gasteiger partial charge is 0.477 e. The van der Waals surface area contributed by atoms with E-state index >= 15 is 0 Å². The molecule has 1 aromatic carbocycles. The average Bonchev–Trinajstić information content (AvgIpc) is 1.84. The maximum absolute atomic E-state index is 14.8. The van der Waals surface area contributed by atoms with Gasteiger partial charge in [0.25, 0.3) is 0 Å². The Hall–Kier alpha value is -4.77. The van der Waals surface area contributed by atoms with Crippen LogP contribution in [0.2, 0.25) is 5.02 Å². The lowest BCUT2D eigenvalue weighted by Crippen LogP contribution is -2.61. The molecule has 1 aliphatic carbocycles. The number of amides is 1. The molecule has 490 valence electrons. The second-order valence-corrected chi connectivity index (χ2v) is 25.8. The molecule has 1 aromatic heterocycles. The highest BCUT2D eigenvalue weighted by atomic mass is 35.5. The minimum absolute atomic E-state index is 0.0275. The van der Waals surface area contributed by atoms with E-state index in [0.29, 0.717) is 35.7 Å². The predicted molar refractivity (Wildman–Crippen MR) is 317 cm³/mol. The van der Waals surface area contributed by atoms with E-state index in [-0.39, 0.29) is 87.2 Å². The van der Waals surface area contributed by atoms with Gasteiger partial charge in [0.15, 0.2) is 30.4 Å². The number of carboxylic acids is 1. The van der Waals surface area contributed by atoms with E-state index in [1.54, 1.807) is 58.2 Å². The fourth-order valence-corrected chi connectivity index (χ4v) is 13.3. The molecule has 0 radical (unpaired) electrons. The number of anilines is 1. The van der Waals surface area contributed by atoms with Crippen LogP contribution < -0.4 is 16.1 Å². The van der Waals surface area contributed by atoms with Crippen LogP contribution >= 0.6 is 11.6 Å². The number of carbonyl (C=O) groups excluding carboxylic acids is 4. The summed E-state index contributed by atoms with van der Waals surface area (Å²) >= 11 is 6.56. The number of esters is 2. The molecule has 5 fully saturated rings. The lowest BCUT2D eigenvalue weighted by Gasteiger charge is -2.49. The summed E-state index contributed by atoms with van der Waals surface area (Å²) in [6.07, 6.45) is -6.60. The van der Waals surface area contributed by atoms with E-state index in [4.69, 9.17) is 63.7 Å². The first-order valence-corrected chi connectivity index (χ1v) is 30.8. The van der Waals surface area contributed by atoms with E-state index in [1.807, 2.05) is 58.6 Å². The van der Waals surface area contributed by atoms with Gasteiger partial charge in [-0.1, -0.05) is 32.4 Å². The zero-order valence-corrected chi connectivity index (χ0v) is 53.6. The predicted octanol–water partition coefficient (Wildman–Crippen LogP) is 5.29. The van der Waals surface area contributed by atoms with Gasteiger partial charge in [0, 0.05) is 68.7 Å². The van der Waals surface area contributed by atoms with Gasteiger partial charge in [0.05, 0.1) is 78.6 Å². The zero-order valence-electron chi connectivity index (χ0n) is 52.9. The summed E-state index contributed by atoms with van der Waals surface area (Å²) in [5.74, 6) is -5.40. The van der Waals surface area contributed by atoms with Crippen molar-refractivity contribution in [1.82, 2.24) is 19.7 Å². The summed E-state index contributed by atoms with van der Waals surface area (Å²) in [5, 5.41) is 40.6. The van der Waals surface area contributed by atoms with E-state index in [2.05, 4.69) is 10.6 Å². The molecule has 5 aliphatic rings. The maximum Gasteiger partial charge on any atom is 0.509 e. The number of fused-ring (bicyclic) bond motifs is 2. The fraction of sp³-hybridized carbons (Fsp3) is 0.770. The Labute approximate surface area is 514 Å². The van der Waals surface area contributed by atoms with Gasteiger partial charge >= 0.3 is 24.1 Å². The zero-order chi connectivity index (χ0) is 64.0. The number of aromatic nitrogens is 1. The number of aliphatic hydroxyl groups excluding tert-OH is 1. The van der Waals surface area contributed by atoms with Crippen molar-refractivity contribution >= 4 is 58.2 Å². The number of rotatable bonds is 22. The van der Waals surface area contributed by atoms with Crippen molar-refractivity contribution in [3.63, 3.8) is 0 Å². The van der Waals surface area contributed by atoms with E-state index in [9.17, 15) is 44.1 Å². The molecule has 25 nitrogen and oxygen atoms in total. The number of aliphatic hydroxyl groups is 2. The summed E-state index contributed by atoms with van der Waals surface area (Å²) in [5.41, 5.74) is -4.15. The lowest BCUT2D eigenvalue weighted by atomic mass is 9.77. The van der Waals surface area contributed by atoms with Crippen molar-refractivity contribution in [2.24, 2.45) is 17.8 Å². The molecule has 1 saturated carbocycles. The Morgan fingerprint density at radius 2 is 1.61 bits per heavy atom. The molecule has 0 bridgehead atoms. The first-order chi connectivity index (χ1) is 40.9. The monoisotopic (exact) mass is 1250 g/mol. The molecule has 4 saturated heterocycles. The van der Waals surface area contributed by atoms with Crippen molar-refractivity contribution in [3.8, 4) is 0 Å². The lowest BCUT2D eigenvalue weighted by molar-refractivity contribution is -0.318. The Balaban J connectivity index is 0.960. The summed E-state index contributed by atoms with van der Waals surface area (Å²) in [6.45, 7) is 18.8. The van der Waals surface area contributed by atoms with E-state index in [0.717, 1.165) is 12.8 Å². The van der Waals surface area contributed by atoms with Crippen molar-refractivity contribution in [2.45, 2.75) is 211 Å². The molecular formula is C61H94ClN5O20. The number of carboxylic acid groups (broad SMARTS) is 1. The van der Waals surface area contributed by atoms with Gasteiger partial charge in [-0.15, -0.1) is 0 Å². The fourth-order valence-electron chi connectivity index (χ4n) is 13.1. The van der Waals surface area contributed by atoms with Crippen LogP contribution in [0.25, 0.3) is 10.9 Å². The number of halogens is 1. The van der Waals surface area contributed by atoms with Gasteiger partial charge in [0.2, 0.25) is 11.3 Å². The van der Waals surface area contributed by atoms with Crippen LogP contribution in [0.1, 0.15) is 131 Å². The molecule has 0 unspecified atom stereocenters. The number of hydrogen-bond acceptors (Lipinski definition) is 22. The number of benzene rings is 1. The highest BCUT2D eigenvalue weighted by Gasteiger charge is 2.59. The molecule has 7 rings (SSSR count). The van der Waals surface area contributed by atoms with Gasteiger partial charge in [-0.25, -0.2) is 9.59 Å². The van der Waals surface area contributed by atoms with Crippen LogP contribution in [0.5, 0.6) is 0 Å². The van der Waals surface area contributed by atoms with Gasteiger partial charge in [0.1, 0.15) is 29.9 Å². The summed E-state index contributed by atoms with van der Waals surface area (Å²) in [7, 11) is 7.08. The summed E-state index contributed by atoms with van der Waals surface area (Å²) in [6, 6.07) is 2.59. The first kappa shape index (κ1) is 69.7. The minimum atomic E-state index is -1.66. The molecule has 4 aliphatic heterocycles. The topological polar surface area (TPSA) is 300 Å². The molecule has 26 heteroatoms. The largest absolute Gasteiger partial charge is 0.509 e. The quantitative estimate of drug-likeness (QED) is 0.0568. The third-order valence-electron chi connectivity index (χ3n) is 18.0. The number of cyclic esters (lactones) is 1.